The molecule has 0 saturated heterocycles. The molecule has 1 fully saturated rings. The van der Waals surface area contributed by atoms with Crippen molar-refractivity contribution in [3.63, 3.8) is 0 Å². The van der Waals surface area contributed by atoms with E-state index in [2.05, 4.69) is 0 Å². The minimum Gasteiger partial charge on any atom is -0.369 e. The molecule has 1 aliphatic carbocycles. The molecule has 0 bridgehead atoms. The van der Waals surface area contributed by atoms with Gasteiger partial charge in [0.2, 0.25) is 5.91 Å². The van der Waals surface area contributed by atoms with Crippen LogP contribution in [0.5, 0.6) is 0 Å². The summed E-state index contributed by atoms with van der Waals surface area (Å²) in [5, 5.41) is 0. The van der Waals surface area contributed by atoms with Crippen molar-refractivity contribution < 1.29 is 13.2 Å². The first-order chi connectivity index (χ1) is 5.36. The highest BCUT2D eigenvalue weighted by atomic mass is 32.2. The van der Waals surface area contributed by atoms with Crippen molar-refractivity contribution in [2.45, 2.75) is 19.3 Å². The van der Waals surface area contributed by atoms with Crippen LogP contribution in [0.2, 0.25) is 0 Å². The number of amides is 1. The number of hydrogen-bond donors (Lipinski definition) is 1. The second kappa shape index (κ2) is 2.73. The van der Waals surface area contributed by atoms with Gasteiger partial charge in [-0.15, -0.1) is 0 Å². The highest BCUT2D eigenvalue weighted by molar-refractivity contribution is 7.90. The third-order valence-corrected chi connectivity index (χ3v) is 3.45. The zero-order chi connectivity index (χ0) is 9.41. The zero-order valence-electron chi connectivity index (χ0n) is 7.04. The van der Waals surface area contributed by atoms with E-state index >= 15 is 0 Å². The first kappa shape index (κ1) is 9.51. The van der Waals surface area contributed by atoms with E-state index in [4.69, 9.17) is 5.73 Å². The molecule has 1 aliphatic rings. The topological polar surface area (TPSA) is 77.2 Å². The lowest BCUT2D eigenvalue weighted by Gasteiger charge is -2.37. The number of rotatable bonds is 3. The minimum atomic E-state index is -3.09. The van der Waals surface area contributed by atoms with Crippen molar-refractivity contribution >= 4 is 15.7 Å². The highest BCUT2D eigenvalue weighted by Gasteiger charge is 2.44. The molecule has 0 atom stereocenters. The molecule has 0 unspecified atom stereocenters. The SMILES string of the molecule is CS(=O)(=O)CC1(C(N)=O)CCC1. The van der Waals surface area contributed by atoms with E-state index in [0.29, 0.717) is 12.8 Å². The fraction of sp³-hybridized carbons (Fsp3) is 0.857. The number of sulfone groups is 1. The fourth-order valence-electron chi connectivity index (χ4n) is 1.57. The van der Waals surface area contributed by atoms with Gasteiger partial charge in [0.25, 0.3) is 0 Å². The van der Waals surface area contributed by atoms with E-state index in [-0.39, 0.29) is 5.75 Å². The van der Waals surface area contributed by atoms with Crippen molar-refractivity contribution in [2.24, 2.45) is 11.1 Å². The summed E-state index contributed by atoms with van der Waals surface area (Å²) in [5.74, 6) is -0.561. The summed E-state index contributed by atoms with van der Waals surface area (Å²) >= 11 is 0. The molecule has 1 amide bonds. The van der Waals surface area contributed by atoms with Crippen LogP contribution >= 0.6 is 0 Å². The van der Waals surface area contributed by atoms with Crippen LogP contribution in [0, 0.1) is 5.41 Å². The Morgan fingerprint density at radius 2 is 2.00 bits per heavy atom. The third-order valence-electron chi connectivity index (χ3n) is 2.37. The lowest BCUT2D eigenvalue weighted by atomic mass is 9.70. The Bertz CT molecular complexity index is 290. The maximum Gasteiger partial charge on any atom is 0.224 e. The van der Waals surface area contributed by atoms with Gasteiger partial charge in [-0.2, -0.15) is 0 Å². The van der Waals surface area contributed by atoms with Crippen molar-refractivity contribution in [3.05, 3.63) is 0 Å². The van der Waals surface area contributed by atoms with Gasteiger partial charge in [0, 0.05) is 6.26 Å². The van der Waals surface area contributed by atoms with Crippen molar-refractivity contribution in [2.75, 3.05) is 12.0 Å². The van der Waals surface area contributed by atoms with Crippen LogP contribution in [0.4, 0.5) is 0 Å². The molecule has 2 N–H and O–H groups in total. The van der Waals surface area contributed by atoms with Gasteiger partial charge in [0.15, 0.2) is 0 Å². The van der Waals surface area contributed by atoms with Crippen LogP contribution in [-0.2, 0) is 14.6 Å². The van der Waals surface area contributed by atoms with E-state index in [1.165, 1.54) is 0 Å². The summed E-state index contributed by atoms with van der Waals surface area (Å²) in [6.07, 6.45) is 3.28. The van der Waals surface area contributed by atoms with Crippen molar-refractivity contribution in [3.8, 4) is 0 Å². The minimum absolute atomic E-state index is 0.0880. The van der Waals surface area contributed by atoms with Crippen LogP contribution in [-0.4, -0.2) is 26.3 Å². The average Bonchev–Trinajstić information content (AvgIpc) is 1.75. The number of carbonyl (C=O) groups is 1. The van der Waals surface area contributed by atoms with E-state index in [1.807, 2.05) is 0 Å². The first-order valence-corrected chi connectivity index (χ1v) is 5.89. The molecule has 0 aromatic carbocycles. The van der Waals surface area contributed by atoms with Crippen LogP contribution in [0.25, 0.3) is 0 Å². The van der Waals surface area contributed by atoms with Crippen LogP contribution in [0.1, 0.15) is 19.3 Å². The van der Waals surface area contributed by atoms with Gasteiger partial charge in [-0.1, -0.05) is 6.42 Å². The van der Waals surface area contributed by atoms with Gasteiger partial charge in [-0.05, 0) is 12.8 Å². The summed E-state index contributed by atoms with van der Waals surface area (Å²) in [6.45, 7) is 0. The zero-order valence-corrected chi connectivity index (χ0v) is 7.86. The van der Waals surface area contributed by atoms with E-state index in [0.717, 1.165) is 12.7 Å². The molecule has 0 spiro atoms. The van der Waals surface area contributed by atoms with Gasteiger partial charge >= 0.3 is 0 Å². The molecule has 1 saturated carbocycles. The Kier molecular flexibility index (Phi) is 2.16. The molecule has 0 aromatic heterocycles. The Labute approximate surface area is 72.0 Å². The standard InChI is InChI=1S/C7H13NO3S/c1-12(10,11)5-7(6(8)9)3-2-4-7/h2-5H2,1H3,(H2,8,9). The lowest BCUT2D eigenvalue weighted by Crippen LogP contribution is -2.47. The average molecular weight is 191 g/mol. The molecule has 0 radical (unpaired) electrons. The molecular formula is C7H13NO3S. The smallest absolute Gasteiger partial charge is 0.224 e. The molecule has 5 heteroatoms. The highest BCUT2D eigenvalue weighted by Crippen LogP contribution is 2.41. The molecular weight excluding hydrogens is 178 g/mol. The Morgan fingerprint density at radius 1 is 1.50 bits per heavy atom. The maximum absolute atomic E-state index is 10.9. The van der Waals surface area contributed by atoms with Gasteiger partial charge in [-0.3, -0.25) is 4.79 Å². The summed E-state index contributed by atoms with van der Waals surface area (Å²) < 4.78 is 21.9. The van der Waals surface area contributed by atoms with E-state index in [1.54, 1.807) is 0 Å². The molecule has 0 aromatic rings. The second-order valence-electron chi connectivity index (χ2n) is 3.57. The van der Waals surface area contributed by atoms with Gasteiger partial charge in [0.05, 0.1) is 11.2 Å². The summed E-state index contributed by atoms with van der Waals surface area (Å²) in [4.78, 5) is 10.9. The number of carbonyl (C=O) groups excluding carboxylic acids is 1. The van der Waals surface area contributed by atoms with E-state index in [9.17, 15) is 13.2 Å². The van der Waals surface area contributed by atoms with Crippen LogP contribution in [0.3, 0.4) is 0 Å². The molecule has 0 heterocycles. The van der Waals surface area contributed by atoms with Crippen LogP contribution < -0.4 is 5.73 Å². The van der Waals surface area contributed by atoms with Crippen molar-refractivity contribution in [1.82, 2.24) is 0 Å². The Balaban J connectivity index is 2.76. The predicted octanol–water partition coefficient (Wildman–Crippen LogP) is -0.313. The number of hydrogen-bond acceptors (Lipinski definition) is 3. The molecule has 4 nitrogen and oxygen atoms in total. The van der Waals surface area contributed by atoms with Gasteiger partial charge in [0.1, 0.15) is 9.84 Å². The van der Waals surface area contributed by atoms with E-state index < -0.39 is 21.2 Å². The van der Waals surface area contributed by atoms with Crippen molar-refractivity contribution in [1.29, 1.82) is 0 Å². The normalized spacial score (nSPS) is 21.4. The van der Waals surface area contributed by atoms with Gasteiger partial charge < -0.3 is 5.73 Å². The second-order valence-corrected chi connectivity index (χ2v) is 5.71. The monoisotopic (exact) mass is 191 g/mol. The number of primary amides is 1. The molecule has 0 aliphatic heterocycles. The maximum atomic E-state index is 10.9. The lowest BCUT2D eigenvalue weighted by molar-refractivity contribution is -0.130. The molecule has 70 valence electrons. The van der Waals surface area contributed by atoms with Crippen LogP contribution in [0.15, 0.2) is 0 Å². The summed E-state index contributed by atoms with van der Waals surface area (Å²) in [6, 6.07) is 0. The first-order valence-electron chi connectivity index (χ1n) is 3.83. The summed E-state index contributed by atoms with van der Waals surface area (Å²) in [5.41, 5.74) is 4.39. The summed E-state index contributed by atoms with van der Waals surface area (Å²) in [7, 11) is -3.09. The number of nitrogens with two attached hydrogens (primary N) is 1. The third kappa shape index (κ3) is 1.77. The molecule has 12 heavy (non-hydrogen) atoms. The predicted molar refractivity (Wildman–Crippen MR) is 45.2 cm³/mol. The molecule has 1 rings (SSSR count). The quantitative estimate of drug-likeness (QED) is 0.664. The largest absolute Gasteiger partial charge is 0.369 e. The fourth-order valence-corrected chi connectivity index (χ4v) is 3.00. The Hall–Kier alpha value is -0.580. The van der Waals surface area contributed by atoms with Gasteiger partial charge in [-0.25, -0.2) is 8.42 Å². The Morgan fingerprint density at radius 3 is 2.08 bits per heavy atom.